The first kappa shape index (κ1) is 9.25. The van der Waals surface area contributed by atoms with Crippen molar-refractivity contribution in [1.29, 1.82) is 5.41 Å². The molecule has 0 saturated heterocycles. The molecule has 0 bridgehead atoms. The van der Waals surface area contributed by atoms with Crippen LogP contribution in [0.25, 0.3) is 0 Å². The number of amidine groups is 1. The molecule has 1 aliphatic rings. The van der Waals surface area contributed by atoms with Crippen molar-refractivity contribution >= 4 is 5.84 Å². The van der Waals surface area contributed by atoms with E-state index in [2.05, 4.69) is 24.3 Å². The molecule has 74 valence electrons. The number of nitrogens with two attached hydrogens (primary N) is 1. The summed E-state index contributed by atoms with van der Waals surface area (Å²) in [6.07, 6.45) is 3.45. The molecule has 0 spiro atoms. The summed E-state index contributed by atoms with van der Waals surface area (Å²) in [5, 5.41) is 7.55. The van der Waals surface area contributed by atoms with Gasteiger partial charge in [-0.2, -0.15) is 0 Å². The molecule has 1 aliphatic carbocycles. The van der Waals surface area contributed by atoms with Crippen LogP contribution in [0.4, 0.5) is 0 Å². The fourth-order valence-electron chi connectivity index (χ4n) is 2.43. The Morgan fingerprint density at radius 2 is 1.93 bits per heavy atom. The summed E-state index contributed by atoms with van der Waals surface area (Å²) >= 11 is 0. The van der Waals surface area contributed by atoms with Crippen LogP contribution in [0.15, 0.2) is 30.3 Å². The Hall–Kier alpha value is -1.31. The van der Waals surface area contributed by atoms with E-state index in [9.17, 15) is 0 Å². The maximum Gasteiger partial charge on any atom is 0.0943 e. The van der Waals surface area contributed by atoms with Crippen LogP contribution >= 0.6 is 0 Å². The Bertz CT molecular complexity index is 318. The largest absolute Gasteiger partial charge is 0.387 e. The number of benzene rings is 1. The molecule has 0 amide bonds. The topological polar surface area (TPSA) is 49.9 Å². The number of rotatable bonds is 2. The minimum Gasteiger partial charge on any atom is -0.387 e. The lowest BCUT2D eigenvalue weighted by molar-refractivity contribution is 0.616. The van der Waals surface area contributed by atoms with Gasteiger partial charge < -0.3 is 5.73 Å². The third-order valence-electron chi connectivity index (χ3n) is 3.14. The zero-order valence-corrected chi connectivity index (χ0v) is 8.24. The summed E-state index contributed by atoms with van der Waals surface area (Å²) in [4.78, 5) is 0. The maximum absolute atomic E-state index is 7.55. The van der Waals surface area contributed by atoms with Gasteiger partial charge in [-0.3, -0.25) is 5.41 Å². The van der Waals surface area contributed by atoms with Crippen LogP contribution in [0.3, 0.4) is 0 Å². The van der Waals surface area contributed by atoms with Gasteiger partial charge in [-0.25, -0.2) is 0 Å². The average Bonchev–Trinajstić information content (AvgIpc) is 2.67. The number of nitrogens with one attached hydrogen (secondary N) is 1. The first-order valence-electron chi connectivity index (χ1n) is 5.18. The van der Waals surface area contributed by atoms with E-state index in [1.54, 1.807) is 0 Å². The van der Waals surface area contributed by atoms with E-state index < -0.39 is 0 Å². The van der Waals surface area contributed by atoms with E-state index in [1.165, 1.54) is 18.4 Å². The molecule has 0 radical (unpaired) electrons. The molecule has 1 fully saturated rings. The molecule has 2 heteroatoms. The molecule has 2 atom stereocenters. The van der Waals surface area contributed by atoms with Crippen LogP contribution < -0.4 is 5.73 Å². The zero-order chi connectivity index (χ0) is 9.97. The van der Waals surface area contributed by atoms with Gasteiger partial charge in [0.15, 0.2) is 0 Å². The van der Waals surface area contributed by atoms with Gasteiger partial charge in [0.1, 0.15) is 0 Å². The summed E-state index contributed by atoms with van der Waals surface area (Å²) in [5.41, 5.74) is 6.95. The lowest BCUT2D eigenvalue weighted by Crippen LogP contribution is -2.24. The molecule has 1 saturated carbocycles. The summed E-state index contributed by atoms with van der Waals surface area (Å²) < 4.78 is 0. The molecule has 3 N–H and O–H groups in total. The highest BCUT2D eigenvalue weighted by Crippen LogP contribution is 2.39. The average molecular weight is 188 g/mol. The predicted octanol–water partition coefficient (Wildman–Crippen LogP) is 2.51. The quantitative estimate of drug-likeness (QED) is 0.543. The van der Waals surface area contributed by atoms with Crippen molar-refractivity contribution in [2.24, 2.45) is 11.7 Å². The number of hydrogen-bond acceptors (Lipinski definition) is 1. The smallest absolute Gasteiger partial charge is 0.0943 e. The monoisotopic (exact) mass is 188 g/mol. The highest BCUT2D eigenvalue weighted by molar-refractivity contribution is 5.81. The van der Waals surface area contributed by atoms with Gasteiger partial charge in [0, 0.05) is 5.92 Å². The molecular formula is C12H16N2. The zero-order valence-electron chi connectivity index (χ0n) is 8.24. The summed E-state index contributed by atoms with van der Waals surface area (Å²) in [7, 11) is 0. The highest BCUT2D eigenvalue weighted by atomic mass is 14.7. The maximum atomic E-state index is 7.55. The summed E-state index contributed by atoms with van der Waals surface area (Å²) in [5.74, 6) is 1.11. The molecule has 0 aliphatic heterocycles. The molecule has 14 heavy (non-hydrogen) atoms. The van der Waals surface area contributed by atoms with Crippen LogP contribution in [0.2, 0.25) is 0 Å². The Labute approximate surface area is 84.6 Å². The second kappa shape index (κ2) is 3.82. The lowest BCUT2D eigenvalue weighted by Gasteiger charge is -2.18. The molecule has 0 heterocycles. The molecule has 0 aromatic heterocycles. The van der Waals surface area contributed by atoms with E-state index in [0.29, 0.717) is 11.8 Å². The normalized spacial score (nSPS) is 26.3. The van der Waals surface area contributed by atoms with Crippen LogP contribution in [-0.2, 0) is 0 Å². The van der Waals surface area contributed by atoms with Crippen molar-refractivity contribution in [2.45, 2.75) is 25.2 Å². The molecule has 2 rings (SSSR count). The third-order valence-corrected chi connectivity index (χ3v) is 3.14. The van der Waals surface area contributed by atoms with Gasteiger partial charge in [0.25, 0.3) is 0 Å². The van der Waals surface area contributed by atoms with Crippen LogP contribution in [0, 0.1) is 11.3 Å². The first-order chi connectivity index (χ1) is 6.79. The van der Waals surface area contributed by atoms with E-state index in [0.717, 1.165) is 6.42 Å². The molecule has 2 unspecified atom stereocenters. The van der Waals surface area contributed by atoms with Gasteiger partial charge in [0.05, 0.1) is 5.84 Å². The SMILES string of the molecule is N=C(N)C1CCCC1c1ccccc1. The molecule has 2 nitrogen and oxygen atoms in total. The van der Waals surface area contributed by atoms with Crippen molar-refractivity contribution in [3.63, 3.8) is 0 Å². The van der Waals surface area contributed by atoms with E-state index in [4.69, 9.17) is 11.1 Å². The van der Waals surface area contributed by atoms with Crippen LogP contribution in [-0.4, -0.2) is 5.84 Å². The van der Waals surface area contributed by atoms with Gasteiger partial charge in [-0.05, 0) is 24.3 Å². The van der Waals surface area contributed by atoms with Gasteiger partial charge in [0.2, 0.25) is 0 Å². The summed E-state index contributed by atoms with van der Waals surface area (Å²) in [6, 6.07) is 10.4. The molecule has 1 aromatic carbocycles. The van der Waals surface area contributed by atoms with Crippen molar-refractivity contribution < 1.29 is 0 Å². The third kappa shape index (κ3) is 1.65. The van der Waals surface area contributed by atoms with E-state index >= 15 is 0 Å². The molecular weight excluding hydrogens is 172 g/mol. The second-order valence-corrected chi connectivity index (χ2v) is 4.01. The Morgan fingerprint density at radius 1 is 1.21 bits per heavy atom. The fourth-order valence-corrected chi connectivity index (χ4v) is 2.43. The summed E-state index contributed by atoms with van der Waals surface area (Å²) in [6.45, 7) is 0. The minimum absolute atomic E-state index is 0.275. The van der Waals surface area contributed by atoms with Crippen molar-refractivity contribution in [2.75, 3.05) is 0 Å². The molecule has 1 aromatic rings. The van der Waals surface area contributed by atoms with Gasteiger partial charge in [-0.15, -0.1) is 0 Å². The first-order valence-corrected chi connectivity index (χ1v) is 5.18. The minimum atomic E-state index is 0.275. The predicted molar refractivity (Wildman–Crippen MR) is 58.4 cm³/mol. The Morgan fingerprint density at radius 3 is 2.57 bits per heavy atom. The van der Waals surface area contributed by atoms with Crippen LogP contribution in [0.1, 0.15) is 30.7 Å². The standard InChI is InChI=1S/C12H16N2/c13-12(14)11-8-4-7-10(11)9-5-2-1-3-6-9/h1-3,5-6,10-11H,4,7-8H2,(H3,13,14). The van der Waals surface area contributed by atoms with Gasteiger partial charge in [-0.1, -0.05) is 36.8 Å². The van der Waals surface area contributed by atoms with E-state index in [1.807, 2.05) is 6.07 Å². The fraction of sp³-hybridized carbons (Fsp3) is 0.417. The van der Waals surface area contributed by atoms with Crippen LogP contribution in [0.5, 0.6) is 0 Å². The van der Waals surface area contributed by atoms with Gasteiger partial charge >= 0.3 is 0 Å². The van der Waals surface area contributed by atoms with Crippen molar-refractivity contribution in [3.8, 4) is 0 Å². The Kier molecular flexibility index (Phi) is 2.53. The van der Waals surface area contributed by atoms with Crippen molar-refractivity contribution in [1.82, 2.24) is 0 Å². The number of hydrogen-bond donors (Lipinski definition) is 2. The Balaban J connectivity index is 2.22. The van der Waals surface area contributed by atoms with Crippen molar-refractivity contribution in [3.05, 3.63) is 35.9 Å². The van der Waals surface area contributed by atoms with E-state index in [-0.39, 0.29) is 5.92 Å². The second-order valence-electron chi connectivity index (χ2n) is 4.01. The highest BCUT2D eigenvalue weighted by Gasteiger charge is 2.30. The lowest BCUT2D eigenvalue weighted by atomic mass is 9.88.